The lowest BCUT2D eigenvalue weighted by molar-refractivity contribution is -0.136. The largest absolute Gasteiger partial charge is 0.492 e. The Morgan fingerprint density at radius 3 is 2.66 bits per heavy atom. The Bertz CT molecular complexity index is 1270. The van der Waals surface area contributed by atoms with Crippen molar-refractivity contribution in [2.45, 2.75) is 38.7 Å². The summed E-state index contributed by atoms with van der Waals surface area (Å²) in [7, 11) is 0. The number of rotatable bonds is 9. The Hall–Kier alpha value is -4.20. The number of fused-ring (bicyclic) bond motifs is 1. The molecule has 1 aliphatic heterocycles. The average Bonchev–Trinajstić information content (AvgIpc) is 2.85. The van der Waals surface area contributed by atoms with E-state index in [1.807, 2.05) is 31.2 Å². The second-order valence-electron chi connectivity index (χ2n) is 8.43. The summed E-state index contributed by atoms with van der Waals surface area (Å²) < 4.78 is 12.2. The Kier molecular flexibility index (Phi) is 7.10. The standard InChI is InChI=1S/C27H26N2O6/c1-16-23(8-7-21-22(30)11-13-34-26(16)21)35-24(14-17-2-4-18(5-3-17)27(28)33)19-10-12-29-20(15-19)6-9-25(31)32/h2-5,7-8,10,12,15,24H,6,9,11,13-14H2,1H3,(H2,28,33)(H,31,32)/t24-/m1/s1. The van der Waals surface area contributed by atoms with E-state index >= 15 is 0 Å². The zero-order valence-corrected chi connectivity index (χ0v) is 19.3. The highest BCUT2D eigenvalue weighted by Gasteiger charge is 2.24. The molecule has 0 spiro atoms. The number of carbonyl (C=O) groups is 3. The van der Waals surface area contributed by atoms with Crippen LogP contribution in [0.25, 0.3) is 0 Å². The molecule has 3 N–H and O–H groups in total. The predicted octanol–water partition coefficient (Wildman–Crippen LogP) is 3.83. The van der Waals surface area contributed by atoms with Crippen LogP contribution in [0.15, 0.2) is 54.7 Å². The quantitative estimate of drug-likeness (QED) is 0.482. The molecule has 1 amide bonds. The van der Waals surface area contributed by atoms with Crippen molar-refractivity contribution in [3.63, 3.8) is 0 Å². The van der Waals surface area contributed by atoms with Crippen molar-refractivity contribution < 1.29 is 29.0 Å². The first-order valence-electron chi connectivity index (χ1n) is 11.3. The number of Topliss-reactive ketones (excluding diaryl/α,β-unsaturated/α-hetero) is 1. The van der Waals surface area contributed by atoms with Crippen molar-refractivity contribution >= 4 is 17.7 Å². The number of pyridine rings is 1. The number of nitrogens with zero attached hydrogens (tertiary/aromatic N) is 1. The lowest BCUT2D eigenvalue weighted by Crippen LogP contribution is -2.18. The van der Waals surface area contributed by atoms with Crippen molar-refractivity contribution in [3.05, 3.63) is 88.2 Å². The highest BCUT2D eigenvalue weighted by atomic mass is 16.5. The summed E-state index contributed by atoms with van der Waals surface area (Å²) in [4.78, 5) is 39.0. The molecule has 2 heterocycles. The number of nitrogens with two attached hydrogens (primary N) is 1. The molecule has 2 aromatic carbocycles. The van der Waals surface area contributed by atoms with Crippen LogP contribution in [0, 0.1) is 6.92 Å². The van der Waals surface area contributed by atoms with Gasteiger partial charge in [-0.3, -0.25) is 19.4 Å². The minimum atomic E-state index is -0.890. The minimum Gasteiger partial charge on any atom is -0.492 e. The van der Waals surface area contributed by atoms with E-state index in [0.717, 1.165) is 16.7 Å². The van der Waals surface area contributed by atoms with Crippen LogP contribution in [0.5, 0.6) is 11.5 Å². The second kappa shape index (κ2) is 10.4. The summed E-state index contributed by atoms with van der Waals surface area (Å²) in [6, 6.07) is 14.2. The lowest BCUT2D eigenvalue weighted by atomic mass is 9.98. The van der Waals surface area contributed by atoms with E-state index in [1.165, 1.54) is 0 Å². The summed E-state index contributed by atoms with van der Waals surface area (Å²) in [6.07, 6.45) is 2.30. The molecule has 1 atom stereocenters. The van der Waals surface area contributed by atoms with Gasteiger partial charge in [0.1, 0.15) is 17.6 Å². The van der Waals surface area contributed by atoms with Gasteiger partial charge in [0.2, 0.25) is 5.91 Å². The summed E-state index contributed by atoms with van der Waals surface area (Å²) in [6.45, 7) is 2.19. The number of primary amides is 1. The maximum absolute atomic E-state index is 12.3. The normalized spacial score (nSPS) is 13.5. The van der Waals surface area contributed by atoms with Gasteiger partial charge >= 0.3 is 5.97 Å². The van der Waals surface area contributed by atoms with Gasteiger partial charge in [-0.25, -0.2) is 0 Å². The molecule has 1 aliphatic rings. The van der Waals surface area contributed by atoms with E-state index in [1.54, 1.807) is 30.5 Å². The number of carboxylic acids is 1. The molecule has 0 saturated heterocycles. The first-order valence-corrected chi connectivity index (χ1v) is 11.3. The van der Waals surface area contributed by atoms with Gasteiger partial charge in [0.05, 0.1) is 18.6 Å². The zero-order chi connectivity index (χ0) is 24.9. The molecule has 4 rings (SSSR count). The monoisotopic (exact) mass is 474 g/mol. The van der Waals surface area contributed by atoms with E-state index < -0.39 is 18.0 Å². The fraction of sp³-hybridized carbons (Fsp3) is 0.259. The first kappa shape index (κ1) is 23.9. The van der Waals surface area contributed by atoms with Crippen molar-refractivity contribution in [2.24, 2.45) is 5.73 Å². The van der Waals surface area contributed by atoms with Crippen molar-refractivity contribution in [3.8, 4) is 11.5 Å². The topological polar surface area (TPSA) is 129 Å². The SMILES string of the molecule is Cc1c(O[C@H](Cc2ccc(C(N)=O)cc2)c2ccnc(CCC(=O)O)c2)ccc2c1OCCC2=O. The van der Waals surface area contributed by atoms with Crippen LogP contribution in [0.1, 0.15) is 62.0 Å². The average molecular weight is 475 g/mol. The smallest absolute Gasteiger partial charge is 0.303 e. The molecule has 3 aromatic rings. The molecule has 0 unspecified atom stereocenters. The number of benzene rings is 2. The minimum absolute atomic E-state index is 0.0220. The summed E-state index contributed by atoms with van der Waals surface area (Å²) in [5.41, 5.74) is 9.47. The molecule has 180 valence electrons. The number of carbonyl (C=O) groups excluding carboxylic acids is 2. The molecule has 0 radical (unpaired) electrons. The third-order valence-electron chi connectivity index (χ3n) is 5.97. The van der Waals surface area contributed by atoms with Gasteiger partial charge in [-0.1, -0.05) is 12.1 Å². The molecule has 1 aromatic heterocycles. The number of hydrogen-bond acceptors (Lipinski definition) is 6. The zero-order valence-electron chi connectivity index (χ0n) is 19.3. The fourth-order valence-corrected chi connectivity index (χ4v) is 4.06. The highest BCUT2D eigenvalue weighted by molar-refractivity contribution is 6.00. The van der Waals surface area contributed by atoms with Crippen LogP contribution in [-0.4, -0.2) is 34.4 Å². The van der Waals surface area contributed by atoms with E-state index in [-0.39, 0.29) is 12.2 Å². The van der Waals surface area contributed by atoms with Crippen LogP contribution in [-0.2, 0) is 17.6 Å². The maximum Gasteiger partial charge on any atom is 0.303 e. The molecule has 0 aliphatic carbocycles. The van der Waals surface area contributed by atoms with Gasteiger partial charge in [0.25, 0.3) is 0 Å². The van der Waals surface area contributed by atoms with Crippen LogP contribution >= 0.6 is 0 Å². The molecule has 0 saturated carbocycles. The molecular formula is C27H26N2O6. The third kappa shape index (κ3) is 5.66. The van der Waals surface area contributed by atoms with Gasteiger partial charge in [0, 0.05) is 42.3 Å². The summed E-state index contributed by atoms with van der Waals surface area (Å²) in [5.74, 6) is -0.218. The van der Waals surface area contributed by atoms with Crippen LogP contribution < -0.4 is 15.2 Å². The second-order valence-corrected chi connectivity index (χ2v) is 8.43. The number of ether oxygens (including phenoxy) is 2. The first-order chi connectivity index (χ1) is 16.8. The fourth-order valence-electron chi connectivity index (χ4n) is 4.06. The predicted molar refractivity (Wildman–Crippen MR) is 128 cm³/mol. The number of aliphatic carboxylic acids is 1. The van der Waals surface area contributed by atoms with Crippen molar-refractivity contribution in [2.75, 3.05) is 6.61 Å². The number of amides is 1. The summed E-state index contributed by atoms with van der Waals surface area (Å²) in [5, 5.41) is 9.03. The van der Waals surface area contributed by atoms with Crippen LogP contribution in [0.2, 0.25) is 0 Å². The van der Waals surface area contributed by atoms with Crippen molar-refractivity contribution in [1.82, 2.24) is 4.98 Å². The number of aromatic nitrogens is 1. The molecule has 8 heteroatoms. The molecule has 0 bridgehead atoms. The number of aryl methyl sites for hydroxylation is 1. The Labute approximate surface area is 202 Å². The number of hydrogen-bond donors (Lipinski definition) is 2. The summed E-state index contributed by atoms with van der Waals surface area (Å²) >= 11 is 0. The van der Waals surface area contributed by atoms with E-state index in [4.69, 9.17) is 20.3 Å². The lowest BCUT2D eigenvalue weighted by Gasteiger charge is -2.24. The van der Waals surface area contributed by atoms with Gasteiger partial charge in [-0.05, 0) is 54.4 Å². The van der Waals surface area contributed by atoms with Gasteiger partial charge in [-0.15, -0.1) is 0 Å². The Morgan fingerprint density at radius 2 is 1.94 bits per heavy atom. The van der Waals surface area contributed by atoms with Gasteiger partial charge in [0.15, 0.2) is 5.78 Å². The molecule has 0 fully saturated rings. The molecule has 8 nitrogen and oxygen atoms in total. The Morgan fingerprint density at radius 1 is 1.17 bits per heavy atom. The van der Waals surface area contributed by atoms with Crippen LogP contribution in [0.3, 0.4) is 0 Å². The van der Waals surface area contributed by atoms with Crippen molar-refractivity contribution in [1.29, 1.82) is 0 Å². The maximum atomic E-state index is 12.3. The van der Waals surface area contributed by atoms with Crippen LogP contribution in [0.4, 0.5) is 0 Å². The number of carboxylic acid groups (broad SMARTS) is 1. The highest BCUT2D eigenvalue weighted by Crippen LogP contribution is 2.37. The number of ketones is 1. The Balaban J connectivity index is 1.67. The van der Waals surface area contributed by atoms with Gasteiger partial charge in [-0.2, -0.15) is 0 Å². The molecule has 35 heavy (non-hydrogen) atoms. The van der Waals surface area contributed by atoms with E-state index in [2.05, 4.69) is 4.98 Å². The third-order valence-corrected chi connectivity index (χ3v) is 5.97. The van der Waals surface area contributed by atoms with E-state index in [0.29, 0.717) is 54.2 Å². The van der Waals surface area contributed by atoms with E-state index in [9.17, 15) is 14.4 Å². The molecular weight excluding hydrogens is 448 g/mol. The van der Waals surface area contributed by atoms with Gasteiger partial charge < -0.3 is 20.3 Å².